The zero-order valence-corrected chi connectivity index (χ0v) is 13.2. The number of nitrogens with one attached hydrogen (secondary N) is 1. The first-order valence-electron chi connectivity index (χ1n) is 7.27. The molecule has 1 atom stereocenters. The summed E-state index contributed by atoms with van der Waals surface area (Å²) < 4.78 is 10.3. The number of methoxy groups -OCH3 is 2. The first-order chi connectivity index (χ1) is 11.2. The molecule has 0 aliphatic heterocycles. The minimum atomic E-state index is -0.210. The number of hydrogen-bond donors (Lipinski definition) is 2. The molecule has 0 heterocycles. The van der Waals surface area contributed by atoms with Gasteiger partial charge in [-0.2, -0.15) is 5.26 Å². The summed E-state index contributed by atoms with van der Waals surface area (Å²) >= 11 is 0. The predicted octanol–water partition coefficient (Wildman–Crippen LogP) is 2.40. The van der Waals surface area contributed by atoms with E-state index < -0.39 is 0 Å². The molecule has 0 radical (unpaired) electrons. The molecule has 1 unspecified atom stereocenters. The van der Waals surface area contributed by atoms with Crippen LogP contribution in [0, 0.1) is 11.3 Å². The first kappa shape index (κ1) is 16.8. The van der Waals surface area contributed by atoms with E-state index in [0.717, 1.165) is 16.9 Å². The molecule has 23 heavy (non-hydrogen) atoms. The van der Waals surface area contributed by atoms with E-state index in [9.17, 15) is 5.11 Å². The highest BCUT2D eigenvalue weighted by atomic mass is 16.5. The van der Waals surface area contributed by atoms with Gasteiger partial charge >= 0.3 is 0 Å². The second-order valence-corrected chi connectivity index (χ2v) is 5.04. The Bertz CT molecular complexity index is 695. The maximum Gasteiger partial charge on any atom is 0.136 e. The summed E-state index contributed by atoms with van der Waals surface area (Å²) in [5.41, 5.74) is 2.39. The monoisotopic (exact) mass is 312 g/mol. The average Bonchev–Trinajstić information content (AvgIpc) is 2.62. The van der Waals surface area contributed by atoms with Crippen LogP contribution in [0.15, 0.2) is 42.5 Å². The SMILES string of the molecule is COc1cccc(C(CO)NCc2ccc(OC)c(C#N)c2)c1. The molecule has 0 fully saturated rings. The summed E-state index contributed by atoms with van der Waals surface area (Å²) in [6, 6.07) is 14.9. The van der Waals surface area contributed by atoms with Gasteiger partial charge < -0.3 is 19.9 Å². The number of benzene rings is 2. The van der Waals surface area contributed by atoms with Crippen molar-refractivity contribution in [3.05, 3.63) is 59.2 Å². The van der Waals surface area contributed by atoms with Gasteiger partial charge in [0.25, 0.3) is 0 Å². The number of nitriles is 1. The molecule has 2 N–H and O–H groups in total. The van der Waals surface area contributed by atoms with E-state index >= 15 is 0 Å². The zero-order chi connectivity index (χ0) is 16.7. The lowest BCUT2D eigenvalue weighted by atomic mass is 10.1. The molecule has 5 heteroatoms. The third-order valence-corrected chi connectivity index (χ3v) is 3.62. The topological polar surface area (TPSA) is 74.5 Å². The number of aliphatic hydroxyl groups is 1. The molecule has 0 spiro atoms. The summed E-state index contributed by atoms with van der Waals surface area (Å²) in [4.78, 5) is 0. The van der Waals surface area contributed by atoms with Crippen molar-refractivity contribution in [2.45, 2.75) is 12.6 Å². The predicted molar refractivity (Wildman–Crippen MR) is 87.4 cm³/mol. The maximum atomic E-state index is 9.63. The second-order valence-electron chi connectivity index (χ2n) is 5.04. The molecule has 0 aromatic heterocycles. The average molecular weight is 312 g/mol. The molecule has 2 rings (SSSR count). The lowest BCUT2D eigenvalue weighted by molar-refractivity contribution is 0.243. The van der Waals surface area contributed by atoms with Gasteiger partial charge in [0, 0.05) is 6.54 Å². The van der Waals surface area contributed by atoms with Crippen molar-refractivity contribution in [3.63, 3.8) is 0 Å². The fourth-order valence-electron chi connectivity index (χ4n) is 2.34. The highest BCUT2D eigenvalue weighted by Gasteiger charge is 2.11. The Balaban J connectivity index is 2.10. The Morgan fingerprint density at radius 1 is 1.17 bits per heavy atom. The van der Waals surface area contributed by atoms with Crippen molar-refractivity contribution >= 4 is 0 Å². The molecular formula is C18H20N2O3. The van der Waals surface area contributed by atoms with E-state index in [4.69, 9.17) is 14.7 Å². The summed E-state index contributed by atoms with van der Waals surface area (Å²) in [5, 5.41) is 22.0. The quantitative estimate of drug-likeness (QED) is 0.821. The Labute approximate surface area is 136 Å². The van der Waals surface area contributed by atoms with Crippen molar-refractivity contribution < 1.29 is 14.6 Å². The van der Waals surface area contributed by atoms with Crippen LogP contribution in [-0.4, -0.2) is 25.9 Å². The molecule has 5 nitrogen and oxygen atoms in total. The molecule has 120 valence electrons. The third-order valence-electron chi connectivity index (χ3n) is 3.62. The molecule has 0 saturated carbocycles. The van der Waals surface area contributed by atoms with Gasteiger partial charge in [-0.3, -0.25) is 0 Å². The zero-order valence-electron chi connectivity index (χ0n) is 13.2. The minimum absolute atomic E-state index is 0.0333. The molecule has 0 amide bonds. The van der Waals surface area contributed by atoms with E-state index in [1.54, 1.807) is 26.4 Å². The van der Waals surface area contributed by atoms with Crippen LogP contribution < -0.4 is 14.8 Å². The van der Waals surface area contributed by atoms with Crippen LogP contribution in [0.4, 0.5) is 0 Å². The summed E-state index contributed by atoms with van der Waals surface area (Å²) in [6.45, 7) is 0.496. The van der Waals surface area contributed by atoms with Crippen LogP contribution in [0.2, 0.25) is 0 Å². The molecule has 0 saturated heterocycles. The number of nitrogens with zero attached hydrogens (tertiary/aromatic N) is 1. The molecule has 0 bridgehead atoms. The van der Waals surface area contributed by atoms with Crippen molar-refractivity contribution in [3.8, 4) is 17.6 Å². The smallest absolute Gasteiger partial charge is 0.136 e. The summed E-state index contributed by atoms with van der Waals surface area (Å²) in [6.07, 6.45) is 0. The van der Waals surface area contributed by atoms with Gasteiger partial charge in [0.05, 0.1) is 32.4 Å². The highest BCUT2D eigenvalue weighted by molar-refractivity contribution is 5.45. The first-order valence-corrected chi connectivity index (χ1v) is 7.27. The number of rotatable bonds is 7. The van der Waals surface area contributed by atoms with Crippen molar-refractivity contribution in [1.29, 1.82) is 5.26 Å². The van der Waals surface area contributed by atoms with Crippen LogP contribution in [-0.2, 0) is 6.54 Å². The van der Waals surface area contributed by atoms with Crippen LogP contribution >= 0.6 is 0 Å². The Morgan fingerprint density at radius 3 is 2.65 bits per heavy atom. The molecule has 0 aliphatic rings. The fraction of sp³-hybridized carbons (Fsp3) is 0.278. The Morgan fingerprint density at radius 2 is 2.00 bits per heavy atom. The van der Waals surface area contributed by atoms with Crippen LogP contribution in [0.3, 0.4) is 0 Å². The van der Waals surface area contributed by atoms with Gasteiger partial charge in [0.1, 0.15) is 17.6 Å². The number of hydrogen-bond acceptors (Lipinski definition) is 5. The number of aliphatic hydroxyl groups excluding tert-OH is 1. The van der Waals surface area contributed by atoms with Gasteiger partial charge in [-0.25, -0.2) is 0 Å². The van der Waals surface area contributed by atoms with Gasteiger partial charge in [-0.1, -0.05) is 18.2 Å². The molecular weight excluding hydrogens is 292 g/mol. The van der Waals surface area contributed by atoms with Gasteiger partial charge in [-0.05, 0) is 35.4 Å². The van der Waals surface area contributed by atoms with Crippen molar-refractivity contribution in [1.82, 2.24) is 5.32 Å². The third kappa shape index (κ3) is 4.22. The maximum absolute atomic E-state index is 9.63. The van der Waals surface area contributed by atoms with Crippen molar-refractivity contribution in [2.24, 2.45) is 0 Å². The molecule has 2 aromatic carbocycles. The van der Waals surface area contributed by atoms with E-state index in [1.165, 1.54) is 0 Å². The largest absolute Gasteiger partial charge is 0.497 e. The minimum Gasteiger partial charge on any atom is -0.497 e. The van der Waals surface area contributed by atoms with Crippen LogP contribution in [0.25, 0.3) is 0 Å². The van der Waals surface area contributed by atoms with E-state index in [2.05, 4.69) is 11.4 Å². The lowest BCUT2D eigenvalue weighted by Crippen LogP contribution is -2.24. The molecule has 0 aliphatic carbocycles. The standard InChI is InChI=1S/C18H20N2O3/c1-22-16-5-3-4-14(9-16)17(12-21)20-11-13-6-7-18(23-2)15(8-13)10-19/h3-9,17,20-21H,11-12H2,1-2H3. The highest BCUT2D eigenvalue weighted by Crippen LogP contribution is 2.21. The second kappa shape index (κ2) is 8.18. The Hall–Kier alpha value is -2.55. The summed E-state index contributed by atoms with van der Waals surface area (Å²) in [5.74, 6) is 1.31. The fourth-order valence-corrected chi connectivity index (χ4v) is 2.34. The summed E-state index contributed by atoms with van der Waals surface area (Å²) in [7, 11) is 3.15. The van der Waals surface area contributed by atoms with Crippen LogP contribution in [0.5, 0.6) is 11.5 Å². The molecule has 2 aromatic rings. The Kier molecular flexibility index (Phi) is 5.98. The lowest BCUT2D eigenvalue weighted by Gasteiger charge is -2.18. The van der Waals surface area contributed by atoms with E-state index in [1.807, 2.05) is 30.3 Å². The van der Waals surface area contributed by atoms with Crippen molar-refractivity contribution in [2.75, 3.05) is 20.8 Å². The normalized spacial score (nSPS) is 11.6. The van der Waals surface area contributed by atoms with E-state index in [0.29, 0.717) is 17.9 Å². The van der Waals surface area contributed by atoms with Gasteiger partial charge in [0.2, 0.25) is 0 Å². The number of ether oxygens (including phenoxy) is 2. The van der Waals surface area contributed by atoms with Gasteiger partial charge in [-0.15, -0.1) is 0 Å². The van der Waals surface area contributed by atoms with E-state index in [-0.39, 0.29) is 12.6 Å². The van der Waals surface area contributed by atoms with Crippen LogP contribution in [0.1, 0.15) is 22.7 Å². The van der Waals surface area contributed by atoms with Gasteiger partial charge in [0.15, 0.2) is 0 Å².